The second-order valence-corrected chi connectivity index (χ2v) is 12.0. The molecular formula is C30H59NO11. The van der Waals surface area contributed by atoms with Crippen molar-refractivity contribution in [2.75, 3.05) is 19.8 Å². The molecule has 0 bridgehead atoms. The fourth-order valence-corrected chi connectivity index (χ4v) is 5.77. The lowest BCUT2D eigenvalue weighted by atomic mass is 9.93. The zero-order valence-electron chi connectivity index (χ0n) is 25.4. The van der Waals surface area contributed by atoms with E-state index in [9.17, 15) is 40.9 Å². The first kappa shape index (κ1) is 37.7. The first-order valence-corrected chi connectivity index (χ1v) is 16.3. The molecule has 0 aromatic heterocycles. The van der Waals surface area contributed by atoms with Gasteiger partial charge < -0.3 is 55.1 Å². The number of aliphatic hydroxyl groups excluding tert-OH is 8. The summed E-state index contributed by atoms with van der Waals surface area (Å²) in [4.78, 5) is 0. The van der Waals surface area contributed by atoms with Crippen molar-refractivity contribution >= 4 is 0 Å². The molecule has 12 heteroatoms. The average molecular weight is 610 g/mol. The van der Waals surface area contributed by atoms with Crippen LogP contribution >= 0.6 is 0 Å². The first-order chi connectivity index (χ1) is 20.2. The van der Waals surface area contributed by atoms with Gasteiger partial charge in [-0.1, -0.05) is 103 Å². The Labute approximate surface area is 251 Å². The summed E-state index contributed by atoms with van der Waals surface area (Å²) in [7, 11) is 0. The van der Waals surface area contributed by atoms with Crippen molar-refractivity contribution in [2.45, 2.75) is 171 Å². The predicted molar refractivity (Wildman–Crippen MR) is 155 cm³/mol. The molecule has 250 valence electrons. The van der Waals surface area contributed by atoms with Gasteiger partial charge in [0.1, 0.15) is 42.7 Å². The third-order valence-corrected chi connectivity index (χ3v) is 8.58. The van der Waals surface area contributed by atoms with E-state index in [1.807, 2.05) is 0 Å². The standard InChI is InChI=1S/C30H59NO11/c1-2-3-4-5-6-7-8-9-10-11-12-13-14-15-16-17-18-31-30(20-33)27(38)23(35)25(37)29(42-30)41-26-21(19-32)40-28(39)24(36)22(26)34/h21-29,31-39H,2-20H2,1H3/t21-,22-,23-,24-,25-,26-,27-,28-,29+,30-/m1/s1. The molecule has 2 saturated heterocycles. The van der Waals surface area contributed by atoms with Crippen LogP contribution < -0.4 is 5.32 Å². The van der Waals surface area contributed by atoms with Gasteiger partial charge in [-0.05, 0) is 13.0 Å². The number of ether oxygens (including phenoxy) is 3. The van der Waals surface area contributed by atoms with E-state index in [-0.39, 0.29) is 0 Å². The number of rotatable bonds is 22. The van der Waals surface area contributed by atoms with Crippen LogP contribution in [0.5, 0.6) is 0 Å². The smallest absolute Gasteiger partial charge is 0.189 e. The molecule has 0 saturated carbocycles. The highest BCUT2D eigenvalue weighted by molar-refractivity contribution is 4.99. The maximum Gasteiger partial charge on any atom is 0.189 e. The summed E-state index contributed by atoms with van der Waals surface area (Å²) in [5.41, 5.74) is -1.87. The van der Waals surface area contributed by atoms with E-state index in [2.05, 4.69) is 12.2 Å². The van der Waals surface area contributed by atoms with Crippen LogP contribution in [0.2, 0.25) is 0 Å². The summed E-state index contributed by atoms with van der Waals surface area (Å²) in [6, 6.07) is 0. The minimum absolute atomic E-state index is 0.352. The molecule has 2 fully saturated rings. The number of hydrogen-bond donors (Lipinski definition) is 9. The van der Waals surface area contributed by atoms with Crippen LogP contribution in [-0.4, -0.2) is 122 Å². The zero-order valence-corrected chi connectivity index (χ0v) is 25.4. The summed E-state index contributed by atoms with van der Waals surface area (Å²) >= 11 is 0. The van der Waals surface area contributed by atoms with Crippen molar-refractivity contribution in [3.8, 4) is 0 Å². The van der Waals surface area contributed by atoms with Crippen molar-refractivity contribution in [3.05, 3.63) is 0 Å². The maximum absolute atomic E-state index is 10.6. The number of unbranched alkanes of at least 4 members (excludes halogenated alkanes) is 15. The van der Waals surface area contributed by atoms with Crippen molar-refractivity contribution in [2.24, 2.45) is 0 Å². The van der Waals surface area contributed by atoms with Crippen LogP contribution in [0.25, 0.3) is 0 Å². The Bertz CT molecular complexity index is 690. The lowest BCUT2D eigenvalue weighted by molar-refractivity contribution is -0.380. The van der Waals surface area contributed by atoms with E-state index in [4.69, 9.17) is 14.2 Å². The predicted octanol–water partition coefficient (Wildman–Crippen LogP) is 0.782. The number of hydrogen-bond acceptors (Lipinski definition) is 12. The molecule has 2 aliphatic rings. The zero-order chi connectivity index (χ0) is 31.0. The third-order valence-electron chi connectivity index (χ3n) is 8.58. The first-order valence-electron chi connectivity index (χ1n) is 16.3. The van der Waals surface area contributed by atoms with Gasteiger partial charge in [0.05, 0.1) is 13.2 Å². The average Bonchev–Trinajstić information content (AvgIpc) is 2.99. The summed E-state index contributed by atoms with van der Waals surface area (Å²) in [5.74, 6) is 0. The summed E-state index contributed by atoms with van der Waals surface area (Å²) in [6.45, 7) is 1.15. The minimum atomic E-state index is -1.87. The molecule has 0 aromatic rings. The monoisotopic (exact) mass is 609 g/mol. The Balaban J connectivity index is 1.67. The van der Waals surface area contributed by atoms with Crippen LogP contribution in [0, 0.1) is 0 Å². The van der Waals surface area contributed by atoms with Gasteiger partial charge in [-0.15, -0.1) is 0 Å². The van der Waals surface area contributed by atoms with Gasteiger partial charge in [0.15, 0.2) is 18.3 Å². The number of aliphatic hydroxyl groups is 8. The van der Waals surface area contributed by atoms with Gasteiger partial charge in [0.25, 0.3) is 0 Å². The lowest BCUT2D eigenvalue weighted by Crippen LogP contribution is -2.73. The normalized spacial score (nSPS) is 35.5. The SMILES string of the molecule is CCCCCCCCCCCCCCCCCCN[C@]1(CO)O[C@H](O[C@H]2[C@H](O)[C@@H](O)[C@H](O)O[C@@H]2CO)[C@H](O)[C@@H](O)[C@H]1O. The summed E-state index contributed by atoms with van der Waals surface area (Å²) < 4.78 is 16.4. The van der Waals surface area contributed by atoms with Gasteiger partial charge in [-0.3, -0.25) is 5.32 Å². The fraction of sp³-hybridized carbons (Fsp3) is 1.00. The summed E-state index contributed by atoms with van der Waals surface area (Å²) in [6.07, 6.45) is 4.82. The molecule has 0 amide bonds. The van der Waals surface area contributed by atoms with Crippen LogP contribution in [0.1, 0.15) is 110 Å². The van der Waals surface area contributed by atoms with Crippen molar-refractivity contribution in [1.82, 2.24) is 5.32 Å². The Morgan fingerprint density at radius 1 is 0.643 bits per heavy atom. The maximum atomic E-state index is 10.6. The van der Waals surface area contributed by atoms with Gasteiger partial charge in [0, 0.05) is 0 Å². The van der Waals surface area contributed by atoms with Crippen LogP contribution in [-0.2, 0) is 14.2 Å². The highest BCUT2D eigenvalue weighted by atomic mass is 16.7. The Morgan fingerprint density at radius 3 is 1.62 bits per heavy atom. The van der Waals surface area contributed by atoms with Gasteiger partial charge in [0.2, 0.25) is 0 Å². The van der Waals surface area contributed by atoms with Crippen LogP contribution in [0.3, 0.4) is 0 Å². The molecule has 2 aliphatic heterocycles. The molecule has 0 radical (unpaired) electrons. The van der Waals surface area contributed by atoms with E-state index in [1.165, 1.54) is 77.0 Å². The molecule has 0 unspecified atom stereocenters. The largest absolute Gasteiger partial charge is 0.394 e. The molecule has 2 heterocycles. The van der Waals surface area contributed by atoms with Gasteiger partial charge in [-0.25, -0.2) is 0 Å². The summed E-state index contributed by atoms with van der Waals surface area (Å²) in [5, 5.41) is 84.3. The second-order valence-electron chi connectivity index (χ2n) is 12.0. The highest BCUT2D eigenvalue weighted by Gasteiger charge is 2.55. The second kappa shape index (κ2) is 20.5. The van der Waals surface area contributed by atoms with E-state index < -0.39 is 74.2 Å². The van der Waals surface area contributed by atoms with Crippen LogP contribution in [0.4, 0.5) is 0 Å². The van der Waals surface area contributed by atoms with E-state index in [1.54, 1.807) is 0 Å². The van der Waals surface area contributed by atoms with E-state index in [0.717, 1.165) is 25.7 Å². The molecule has 9 N–H and O–H groups in total. The minimum Gasteiger partial charge on any atom is -0.394 e. The Hall–Kier alpha value is -0.480. The molecule has 0 aliphatic carbocycles. The van der Waals surface area contributed by atoms with Crippen LogP contribution in [0.15, 0.2) is 0 Å². The molecule has 0 spiro atoms. The molecule has 10 atom stereocenters. The molecule has 42 heavy (non-hydrogen) atoms. The quantitative estimate of drug-likeness (QED) is 0.0782. The third kappa shape index (κ3) is 11.5. The van der Waals surface area contributed by atoms with Crippen molar-refractivity contribution in [1.29, 1.82) is 0 Å². The van der Waals surface area contributed by atoms with Gasteiger partial charge in [-0.2, -0.15) is 0 Å². The van der Waals surface area contributed by atoms with Crippen molar-refractivity contribution in [3.63, 3.8) is 0 Å². The topological polar surface area (TPSA) is 202 Å². The lowest BCUT2D eigenvalue weighted by Gasteiger charge is -2.50. The molecular weight excluding hydrogens is 550 g/mol. The fourth-order valence-electron chi connectivity index (χ4n) is 5.77. The Kier molecular flexibility index (Phi) is 18.4. The Morgan fingerprint density at radius 2 is 1.14 bits per heavy atom. The highest BCUT2D eigenvalue weighted by Crippen LogP contribution is 2.32. The van der Waals surface area contributed by atoms with E-state index in [0.29, 0.717) is 6.54 Å². The molecule has 0 aromatic carbocycles. The van der Waals surface area contributed by atoms with Crippen molar-refractivity contribution < 1.29 is 55.1 Å². The van der Waals surface area contributed by atoms with Gasteiger partial charge >= 0.3 is 0 Å². The molecule has 12 nitrogen and oxygen atoms in total. The number of nitrogens with one attached hydrogen (secondary N) is 1. The van der Waals surface area contributed by atoms with E-state index >= 15 is 0 Å². The molecule has 2 rings (SSSR count).